The first-order valence-corrected chi connectivity index (χ1v) is 3.76. The van der Waals surface area contributed by atoms with E-state index in [0.29, 0.717) is 0 Å². The number of carboxylic acid groups (broad SMARTS) is 1. The third kappa shape index (κ3) is 0.679. The molecule has 0 radical (unpaired) electrons. The van der Waals surface area contributed by atoms with Crippen LogP contribution in [0.25, 0.3) is 0 Å². The van der Waals surface area contributed by atoms with Gasteiger partial charge in [-0.2, -0.15) is 0 Å². The predicted molar refractivity (Wildman–Crippen MR) is 45.1 cm³/mol. The summed E-state index contributed by atoms with van der Waals surface area (Å²) in [4.78, 5) is 10.8. The number of hydrogen-bond donors (Lipinski definition) is 2. The Bertz CT molecular complexity index is 348. The van der Waals surface area contributed by atoms with Crippen LogP contribution in [-0.4, -0.2) is 11.1 Å². The summed E-state index contributed by atoms with van der Waals surface area (Å²) in [5, 5.41) is 11.8. The highest BCUT2D eigenvalue weighted by Crippen LogP contribution is 2.40. The molecule has 0 saturated carbocycles. The second-order valence-electron chi connectivity index (χ2n) is 3.10. The summed E-state index contributed by atoms with van der Waals surface area (Å²) >= 11 is 0. The van der Waals surface area contributed by atoms with Crippen molar-refractivity contribution in [1.82, 2.24) is 0 Å². The lowest BCUT2D eigenvalue weighted by molar-refractivity contribution is -0.142. The van der Waals surface area contributed by atoms with Crippen LogP contribution in [0.2, 0.25) is 0 Å². The highest BCUT2D eigenvalue weighted by molar-refractivity contribution is 5.92. The number of aliphatic carboxylic acids is 1. The minimum Gasteiger partial charge on any atom is -0.479 e. The average molecular weight is 163 g/mol. The number of para-hydroxylation sites is 1. The minimum absolute atomic E-state index is 0.832. The summed E-state index contributed by atoms with van der Waals surface area (Å²) in [6.45, 7) is 1.66. The zero-order chi connectivity index (χ0) is 8.77. The quantitative estimate of drug-likeness (QED) is 0.658. The molecule has 0 aromatic heterocycles. The van der Waals surface area contributed by atoms with Gasteiger partial charge in [0.2, 0.25) is 0 Å². The monoisotopic (exact) mass is 163 g/mol. The van der Waals surface area contributed by atoms with E-state index in [1.54, 1.807) is 6.92 Å². The van der Waals surface area contributed by atoms with Crippen molar-refractivity contribution in [2.45, 2.75) is 12.5 Å². The van der Waals surface area contributed by atoms with E-state index < -0.39 is 11.5 Å². The SMILES string of the molecule is CC1(C(=O)O)Nc2ccccc21. The number of nitrogens with one attached hydrogen (secondary N) is 1. The summed E-state index contributed by atoms with van der Waals surface area (Å²) in [7, 11) is 0. The third-order valence-electron chi connectivity index (χ3n) is 2.28. The smallest absolute Gasteiger partial charge is 0.333 e. The van der Waals surface area contributed by atoms with E-state index in [1.807, 2.05) is 24.3 Å². The number of fused-ring (bicyclic) bond motifs is 1. The van der Waals surface area contributed by atoms with Crippen LogP contribution in [0.1, 0.15) is 12.5 Å². The number of rotatable bonds is 1. The Hall–Kier alpha value is -1.51. The average Bonchev–Trinajstić information content (AvgIpc) is 2.02. The van der Waals surface area contributed by atoms with Crippen LogP contribution in [0.4, 0.5) is 5.69 Å². The largest absolute Gasteiger partial charge is 0.479 e. The third-order valence-corrected chi connectivity index (χ3v) is 2.28. The van der Waals surface area contributed by atoms with Gasteiger partial charge in [-0.1, -0.05) is 18.2 Å². The Morgan fingerprint density at radius 2 is 2.17 bits per heavy atom. The molecule has 1 atom stereocenters. The maximum atomic E-state index is 10.8. The topological polar surface area (TPSA) is 49.3 Å². The molecule has 12 heavy (non-hydrogen) atoms. The first-order valence-electron chi connectivity index (χ1n) is 3.76. The van der Waals surface area contributed by atoms with Gasteiger partial charge in [-0.25, -0.2) is 4.79 Å². The van der Waals surface area contributed by atoms with Crippen molar-refractivity contribution in [2.24, 2.45) is 0 Å². The minimum atomic E-state index is -0.878. The molecular weight excluding hydrogens is 154 g/mol. The van der Waals surface area contributed by atoms with Crippen molar-refractivity contribution in [2.75, 3.05) is 5.32 Å². The van der Waals surface area contributed by atoms with Gasteiger partial charge >= 0.3 is 5.97 Å². The highest BCUT2D eigenvalue weighted by atomic mass is 16.4. The van der Waals surface area contributed by atoms with E-state index in [4.69, 9.17) is 5.11 Å². The van der Waals surface area contributed by atoms with E-state index in [1.165, 1.54) is 0 Å². The molecule has 0 amide bonds. The van der Waals surface area contributed by atoms with Crippen LogP contribution in [-0.2, 0) is 10.3 Å². The van der Waals surface area contributed by atoms with E-state index in [2.05, 4.69) is 5.32 Å². The summed E-state index contributed by atoms with van der Waals surface area (Å²) in [5.41, 5.74) is 0.899. The fourth-order valence-electron chi connectivity index (χ4n) is 1.47. The van der Waals surface area contributed by atoms with Crippen molar-refractivity contribution in [3.63, 3.8) is 0 Å². The summed E-state index contributed by atoms with van der Waals surface area (Å²) in [6.07, 6.45) is 0. The van der Waals surface area contributed by atoms with Gasteiger partial charge in [0, 0.05) is 11.3 Å². The van der Waals surface area contributed by atoms with Gasteiger partial charge in [0.25, 0.3) is 0 Å². The number of carboxylic acids is 1. The number of anilines is 1. The molecule has 1 aliphatic heterocycles. The van der Waals surface area contributed by atoms with E-state index in [0.717, 1.165) is 11.3 Å². The Labute approximate surface area is 70.0 Å². The molecule has 62 valence electrons. The molecule has 1 aliphatic rings. The van der Waals surface area contributed by atoms with Gasteiger partial charge in [0.05, 0.1) is 0 Å². The Morgan fingerprint density at radius 1 is 1.50 bits per heavy atom. The fraction of sp³-hybridized carbons (Fsp3) is 0.222. The normalized spacial score (nSPS) is 25.1. The van der Waals surface area contributed by atoms with Gasteiger partial charge in [-0.05, 0) is 13.0 Å². The summed E-state index contributed by atoms with van der Waals surface area (Å²) in [6, 6.07) is 7.44. The number of hydrogen-bond acceptors (Lipinski definition) is 2. The lowest BCUT2D eigenvalue weighted by Crippen LogP contribution is -2.48. The summed E-state index contributed by atoms with van der Waals surface area (Å²) in [5.74, 6) is -0.832. The second-order valence-corrected chi connectivity index (χ2v) is 3.10. The molecule has 1 aromatic rings. The molecular formula is C9H9NO2. The van der Waals surface area contributed by atoms with Gasteiger partial charge < -0.3 is 10.4 Å². The molecule has 2 N–H and O–H groups in total. The van der Waals surface area contributed by atoms with Crippen LogP contribution in [0.15, 0.2) is 24.3 Å². The Kier molecular flexibility index (Phi) is 1.19. The molecule has 1 unspecified atom stereocenters. The van der Waals surface area contributed by atoms with Crippen LogP contribution in [0.5, 0.6) is 0 Å². The molecule has 0 fully saturated rings. The van der Waals surface area contributed by atoms with Crippen molar-refractivity contribution in [1.29, 1.82) is 0 Å². The second kappa shape index (κ2) is 2.00. The molecule has 0 bridgehead atoms. The first-order chi connectivity index (χ1) is 5.64. The van der Waals surface area contributed by atoms with Crippen molar-refractivity contribution in [3.05, 3.63) is 29.8 Å². The molecule has 0 saturated heterocycles. The van der Waals surface area contributed by atoms with Gasteiger partial charge in [-0.15, -0.1) is 0 Å². The Balaban J connectivity index is 2.48. The van der Waals surface area contributed by atoms with Crippen molar-refractivity contribution < 1.29 is 9.90 Å². The van der Waals surface area contributed by atoms with Crippen molar-refractivity contribution >= 4 is 11.7 Å². The number of carbonyl (C=O) groups is 1. The first kappa shape index (κ1) is 7.16. The van der Waals surface area contributed by atoms with Crippen LogP contribution >= 0.6 is 0 Å². The van der Waals surface area contributed by atoms with E-state index >= 15 is 0 Å². The zero-order valence-corrected chi connectivity index (χ0v) is 6.66. The van der Waals surface area contributed by atoms with Gasteiger partial charge in [-0.3, -0.25) is 0 Å². The Morgan fingerprint density at radius 3 is 2.75 bits per heavy atom. The predicted octanol–water partition coefficient (Wildman–Crippen LogP) is 1.41. The zero-order valence-electron chi connectivity index (χ0n) is 6.66. The number of benzene rings is 1. The summed E-state index contributed by atoms with van der Waals surface area (Å²) < 4.78 is 0. The lowest BCUT2D eigenvalue weighted by Gasteiger charge is -2.39. The molecule has 2 rings (SSSR count). The molecule has 0 spiro atoms. The maximum Gasteiger partial charge on any atom is 0.333 e. The van der Waals surface area contributed by atoms with Gasteiger partial charge in [0.1, 0.15) is 0 Å². The molecule has 1 aromatic carbocycles. The van der Waals surface area contributed by atoms with Gasteiger partial charge in [0.15, 0.2) is 5.54 Å². The molecule has 1 heterocycles. The molecule has 0 aliphatic carbocycles. The van der Waals surface area contributed by atoms with E-state index in [9.17, 15) is 4.79 Å². The van der Waals surface area contributed by atoms with Crippen LogP contribution in [0.3, 0.4) is 0 Å². The molecule has 3 nitrogen and oxygen atoms in total. The molecule has 3 heteroatoms. The van der Waals surface area contributed by atoms with Crippen LogP contribution in [0, 0.1) is 0 Å². The standard InChI is InChI=1S/C9H9NO2/c1-9(8(11)12)6-4-2-3-5-7(6)10-9/h2-5,10H,1H3,(H,11,12). The maximum absolute atomic E-state index is 10.8. The fourth-order valence-corrected chi connectivity index (χ4v) is 1.47. The van der Waals surface area contributed by atoms with Crippen LogP contribution < -0.4 is 5.32 Å². The lowest BCUT2D eigenvalue weighted by atomic mass is 9.83. The van der Waals surface area contributed by atoms with E-state index in [-0.39, 0.29) is 0 Å². The highest BCUT2D eigenvalue weighted by Gasteiger charge is 2.44. The van der Waals surface area contributed by atoms with Crippen molar-refractivity contribution in [3.8, 4) is 0 Å².